The Morgan fingerprint density at radius 3 is 2.31 bits per heavy atom. The Morgan fingerprint density at radius 1 is 1.00 bits per heavy atom. The molecule has 1 N–H and O–H groups in total. The molecule has 0 heterocycles. The Morgan fingerprint density at radius 2 is 1.62 bits per heavy atom. The van der Waals surface area contributed by atoms with E-state index in [2.05, 4.69) is 35.5 Å². The van der Waals surface area contributed by atoms with Crippen molar-refractivity contribution in [3.05, 3.63) is 42.5 Å². The Labute approximate surface area is 155 Å². The monoisotopic (exact) mass is 348 g/mol. The predicted molar refractivity (Wildman–Crippen MR) is 106 cm³/mol. The van der Waals surface area contributed by atoms with Crippen molar-refractivity contribution >= 4 is 22.4 Å². The molecule has 0 aromatic heterocycles. The summed E-state index contributed by atoms with van der Waals surface area (Å²) in [5, 5.41) is 5.45. The van der Waals surface area contributed by atoms with Gasteiger partial charge in [-0.3, -0.25) is 9.69 Å². The molecule has 4 aliphatic carbocycles. The lowest BCUT2D eigenvalue weighted by Gasteiger charge is -2.59. The van der Waals surface area contributed by atoms with E-state index in [0.717, 1.165) is 28.8 Å². The molecule has 136 valence electrons. The Hall–Kier alpha value is -1.87. The summed E-state index contributed by atoms with van der Waals surface area (Å²) in [7, 11) is 2.18. The van der Waals surface area contributed by atoms with Crippen molar-refractivity contribution in [2.45, 2.75) is 44.1 Å². The molecule has 0 radical (unpaired) electrons. The van der Waals surface area contributed by atoms with Crippen molar-refractivity contribution in [2.24, 2.45) is 17.8 Å². The minimum atomic E-state index is 0.111. The van der Waals surface area contributed by atoms with E-state index < -0.39 is 0 Å². The zero-order valence-electron chi connectivity index (χ0n) is 15.6. The summed E-state index contributed by atoms with van der Waals surface area (Å²) in [5.41, 5.74) is 1.21. The van der Waals surface area contributed by atoms with Gasteiger partial charge >= 0.3 is 0 Å². The number of nitrogens with zero attached hydrogens (tertiary/aromatic N) is 1. The first-order valence-electron chi connectivity index (χ1n) is 10.1. The first-order chi connectivity index (χ1) is 12.6. The van der Waals surface area contributed by atoms with E-state index in [1.807, 2.05) is 24.3 Å². The maximum Gasteiger partial charge on any atom is 0.238 e. The first-order valence-corrected chi connectivity index (χ1v) is 10.1. The third-order valence-corrected chi connectivity index (χ3v) is 7.26. The lowest BCUT2D eigenvalue weighted by atomic mass is 9.52. The normalized spacial score (nSPS) is 32.3. The van der Waals surface area contributed by atoms with Gasteiger partial charge in [0.15, 0.2) is 0 Å². The van der Waals surface area contributed by atoms with Gasteiger partial charge in [-0.1, -0.05) is 36.4 Å². The smallest absolute Gasteiger partial charge is 0.238 e. The second kappa shape index (κ2) is 6.09. The second-order valence-corrected chi connectivity index (χ2v) is 9.07. The van der Waals surface area contributed by atoms with E-state index >= 15 is 0 Å². The molecule has 4 fully saturated rings. The van der Waals surface area contributed by atoms with E-state index in [-0.39, 0.29) is 11.4 Å². The molecule has 3 heteroatoms. The van der Waals surface area contributed by atoms with Gasteiger partial charge in [-0.05, 0) is 74.8 Å². The highest BCUT2D eigenvalue weighted by Gasteiger charge is 2.52. The van der Waals surface area contributed by atoms with Crippen molar-refractivity contribution in [3.63, 3.8) is 0 Å². The lowest BCUT2D eigenvalue weighted by molar-refractivity contribution is -0.123. The van der Waals surface area contributed by atoms with Crippen molar-refractivity contribution in [1.82, 2.24) is 4.90 Å². The maximum atomic E-state index is 12.8. The molecular weight excluding hydrogens is 320 g/mol. The molecule has 26 heavy (non-hydrogen) atoms. The summed E-state index contributed by atoms with van der Waals surface area (Å²) in [6.45, 7) is 0.495. The summed E-state index contributed by atoms with van der Waals surface area (Å²) in [4.78, 5) is 15.2. The van der Waals surface area contributed by atoms with Crippen LogP contribution in [-0.2, 0) is 4.79 Å². The van der Waals surface area contributed by atoms with Crippen molar-refractivity contribution in [1.29, 1.82) is 0 Å². The highest BCUT2D eigenvalue weighted by Crippen LogP contribution is 2.57. The molecule has 4 saturated carbocycles. The van der Waals surface area contributed by atoms with Crippen LogP contribution in [0.5, 0.6) is 0 Å². The number of likely N-dealkylation sites (N-methyl/N-ethyl adjacent to an activating group) is 1. The summed E-state index contributed by atoms with van der Waals surface area (Å²) in [6, 6.07) is 14.3. The van der Waals surface area contributed by atoms with Gasteiger partial charge in [0.25, 0.3) is 0 Å². The SMILES string of the molecule is CN(CC(=O)Nc1cccc2ccccc12)C12CC3CC(CC(C3)C1)C2. The molecular formula is C23H28N2O. The van der Waals surface area contributed by atoms with Crippen LogP contribution >= 0.6 is 0 Å². The summed E-state index contributed by atoms with van der Waals surface area (Å²) >= 11 is 0. The molecule has 0 aliphatic heterocycles. The van der Waals surface area contributed by atoms with Crippen LogP contribution < -0.4 is 5.32 Å². The average Bonchev–Trinajstić information content (AvgIpc) is 2.61. The fraction of sp³-hybridized carbons (Fsp3) is 0.522. The van der Waals surface area contributed by atoms with E-state index in [4.69, 9.17) is 0 Å². The molecule has 0 saturated heterocycles. The number of amides is 1. The minimum Gasteiger partial charge on any atom is -0.324 e. The molecule has 3 nitrogen and oxygen atoms in total. The fourth-order valence-electron chi connectivity index (χ4n) is 6.44. The van der Waals surface area contributed by atoms with Crippen LogP contribution in [0.4, 0.5) is 5.69 Å². The number of fused-ring (bicyclic) bond motifs is 1. The van der Waals surface area contributed by atoms with Crippen LogP contribution in [-0.4, -0.2) is 29.9 Å². The van der Waals surface area contributed by atoms with Crippen molar-refractivity contribution in [2.75, 3.05) is 18.9 Å². The van der Waals surface area contributed by atoms with E-state index in [1.54, 1.807) is 0 Å². The molecule has 4 aliphatic rings. The number of nitrogens with one attached hydrogen (secondary N) is 1. The van der Waals surface area contributed by atoms with E-state index in [9.17, 15) is 4.79 Å². The second-order valence-electron chi connectivity index (χ2n) is 9.07. The van der Waals surface area contributed by atoms with Crippen LogP contribution in [0.15, 0.2) is 42.5 Å². The van der Waals surface area contributed by atoms with Gasteiger partial charge in [0.2, 0.25) is 5.91 Å². The molecule has 2 aromatic rings. The largest absolute Gasteiger partial charge is 0.324 e. The highest BCUT2D eigenvalue weighted by molar-refractivity contribution is 6.02. The molecule has 4 bridgehead atoms. The minimum absolute atomic E-state index is 0.111. The summed E-state index contributed by atoms with van der Waals surface area (Å²) in [6.07, 6.45) is 8.23. The summed E-state index contributed by atoms with van der Waals surface area (Å²) < 4.78 is 0. The van der Waals surface area contributed by atoms with Crippen LogP contribution in [0, 0.1) is 17.8 Å². The number of hydrogen-bond acceptors (Lipinski definition) is 2. The number of carbonyl (C=O) groups excluding carboxylic acids is 1. The van der Waals surface area contributed by atoms with Crippen LogP contribution in [0.25, 0.3) is 10.8 Å². The number of carbonyl (C=O) groups is 1. The number of anilines is 1. The average molecular weight is 348 g/mol. The van der Waals surface area contributed by atoms with Crippen LogP contribution in [0.3, 0.4) is 0 Å². The van der Waals surface area contributed by atoms with Gasteiger partial charge < -0.3 is 5.32 Å². The molecule has 6 rings (SSSR count). The lowest BCUT2D eigenvalue weighted by Crippen LogP contribution is -2.59. The van der Waals surface area contributed by atoms with Crippen LogP contribution in [0.2, 0.25) is 0 Å². The van der Waals surface area contributed by atoms with E-state index in [0.29, 0.717) is 6.54 Å². The zero-order valence-corrected chi connectivity index (χ0v) is 15.6. The molecule has 1 amide bonds. The quantitative estimate of drug-likeness (QED) is 0.870. The Balaban J connectivity index is 1.31. The van der Waals surface area contributed by atoms with Gasteiger partial charge in [-0.25, -0.2) is 0 Å². The first kappa shape index (κ1) is 16.3. The van der Waals surface area contributed by atoms with Gasteiger partial charge in [-0.15, -0.1) is 0 Å². The molecule has 0 unspecified atom stereocenters. The number of hydrogen-bond donors (Lipinski definition) is 1. The molecule has 0 spiro atoms. The third kappa shape index (κ3) is 2.73. The standard InChI is InChI=1S/C23H28N2O/c1-25(23-12-16-9-17(13-23)11-18(10-16)14-23)15-22(26)24-21-8-4-6-19-5-2-3-7-20(19)21/h2-8,16-18H,9-15H2,1H3,(H,24,26). The number of benzene rings is 2. The zero-order chi connectivity index (χ0) is 17.7. The predicted octanol–water partition coefficient (Wildman–Crippen LogP) is 4.68. The van der Waals surface area contributed by atoms with Gasteiger partial charge in [0, 0.05) is 16.6 Å². The topological polar surface area (TPSA) is 32.3 Å². The van der Waals surface area contributed by atoms with Gasteiger partial charge in [0.1, 0.15) is 0 Å². The molecule has 2 aromatic carbocycles. The van der Waals surface area contributed by atoms with Crippen molar-refractivity contribution in [3.8, 4) is 0 Å². The highest BCUT2D eigenvalue weighted by atomic mass is 16.2. The Kier molecular flexibility index (Phi) is 3.82. The van der Waals surface area contributed by atoms with Crippen molar-refractivity contribution < 1.29 is 4.79 Å². The van der Waals surface area contributed by atoms with Gasteiger partial charge in [-0.2, -0.15) is 0 Å². The summed E-state index contributed by atoms with van der Waals surface area (Å²) in [5.74, 6) is 2.83. The maximum absolute atomic E-state index is 12.8. The Bertz CT molecular complexity index is 802. The molecule has 0 atom stereocenters. The van der Waals surface area contributed by atoms with E-state index in [1.165, 1.54) is 43.9 Å². The number of rotatable bonds is 4. The third-order valence-electron chi connectivity index (χ3n) is 7.26. The van der Waals surface area contributed by atoms with Crippen LogP contribution in [0.1, 0.15) is 38.5 Å². The van der Waals surface area contributed by atoms with Gasteiger partial charge in [0.05, 0.1) is 6.54 Å². The fourth-order valence-corrected chi connectivity index (χ4v) is 6.44.